The second-order valence-electron chi connectivity index (χ2n) is 2.94. The van der Waals surface area contributed by atoms with Gasteiger partial charge in [0.2, 0.25) is 0 Å². The Morgan fingerprint density at radius 3 is 2.93 bits per heavy atom. The molecular weight excluding hydrogens is 196 g/mol. The molecule has 0 saturated heterocycles. The second-order valence-corrected chi connectivity index (χ2v) is 3.72. The molecule has 2 aromatic heterocycles. The quantitative estimate of drug-likeness (QED) is 0.787. The van der Waals surface area contributed by atoms with Gasteiger partial charge < -0.3 is 10.8 Å². The summed E-state index contributed by atoms with van der Waals surface area (Å²) in [6.45, 7) is 0. The molecule has 0 spiro atoms. The molecule has 0 radical (unpaired) electrons. The Morgan fingerprint density at radius 1 is 1.43 bits per heavy atom. The molecular formula is C10H10N2OS. The van der Waals surface area contributed by atoms with Gasteiger partial charge in [-0.3, -0.25) is 0 Å². The van der Waals surface area contributed by atoms with Gasteiger partial charge in [0.15, 0.2) is 0 Å². The maximum absolute atomic E-state index is 9.95. The third-order valence-corrected chi connectivity index (χ3v) is 2.73. The Labute approximate surface area is 85.8 Å². The van der Waals surface area contributed by atoms with Crippen LogP contribution < -0.4 is 5.73 Å². The first-order valence-electron chi connectivity index (χ1n) is 4.19. The number of rotatable bonds is 2. The molecule has 0 aliphatic heterocycles. The zero-order valence-electron chi connectivity index (χ0n) is 7.42. The van der Waals surface area contributed by atoms with Crippen molar-refractivity contribution in [3.63, 3.8) is 0 Å². The highest BCUT2D eigenvalue weighted by atomic mass is 32.1. The lowest BCUT2D eigenvalue weighted by Crippen LogP contribution is -2.03. The lowest BCUT2D eigenvalue weighted by molar-refractivity contribution is 0.221. The number of aliphatic hydroxyl groups excluding tert-OH is 1. The van der Waals surface area contributed by atoms with Gasteiger partial charge in [-0.05, 0) is 28.5 Å². The van der Waals surface area contributed by atoms with Gasteiger partial charge in [-0.1, -0.05) is 6.07 Å². The van der Waals surface area contributed by atoms with Crippen molar-refractivity contribution in [2.24, 2.45) is 0 Å². The van der Waals surface area contributed by atoms with Crippen LogP contribution in [0.1, 0.15) is 17.2 Å². The van der Waals surface area contributed by atoms with E-state index in [4.69, 9.17) is 5.73 Å². The summed E-state index contributed by atoms with van der Waals surface area (Å²) < 4.78 is 0. The van der Waals surface area contributed by atoms with Crippen molar-refractivity contribution < 1.29 is 5.11 Å². The van der Waals surface area contributed by atoms with Crippen molar-refractivity contribution in [1.82, 2.24) is 4.98 Å². The molecule has 2 aromatic rings. The van der Waals surface area contributed by atoms with Crippen molar-refractivity contribution in [2.45, 2.75) is 6.10 Å². The summed E-state index contributed by atoms with van der Waals surface area (Å²) in [6.07, 6.45) is 0.939. The first-order valence-corrected chi connectivity index (χ1v) is 5.14. The summed E-state index contributed by atoms with van der Waals surface area (Å²) in [5.41, 5.74) is 7.17. The Balaban J connectivity index is 2.37. The topological polar surface area (TPSA) is 59.1 Å². The Kier molecular flexibility index (Phi) is 2.47. The zero-order valence-corrected chi connectivity index (χ0v) is 8.24. The van der Waals surface area contributed by atoms with Gasteiger partial charge in [-0.15, -0.1) is 0 Å². The first kappa shape index (κ1) is 9.18. The molecule has 0 aromatic carbocycles. The predicted molar refractivity (Wildman–Crippen MR) is 57.0 cm³/mol. The van der Waals surface area contributed by atoms with Crippen molar-refractivity contribution in [3.05, 3.63) is 46.3 Å². The van der Waals surface area contributed by atoms with Crippen molar-refractivity contribution in [2.75, 3.05) is 5.73 Å². The van der Waals surface area contributed by atoms with E-state index in [2.05, 4.69) is 4.98 Å². The maximum atomic E-state index is 9.95. The van der Waals surface area contributed by atoms with E-state index < -0.39 is 6.10 Å². The monoisotopic (exact) mass is 206 g/mol. The number of pyridine rings is 1. The number of nitrogen functional groups attached to an aromatic ring is 1. The second kappa shape index (κ2) is 3.77. The minimum Gasteiger partial charge on any atom is -0.383 e. The van der Waals surface area contributed by atoms with Gasteiger partial charge >= 0.3 is 0 Å². The molecule has 1 unspecified atom stereocenters. The fraction of sp³-hybridized carbons (Fsp3) is 0.100. The van der Waals surface area contributed by atoms with Crippen LogP contribution in [-0.2, 0) is 0 Å². The molecule has 72 valence electrons. The van der Waals surface area contributed by atoms with E-state index >= 15 is 0 Å². The van der Waals surface area contributed by atoms with Crippen LogP contribution >= 0.6 is 11.3 Å². The SMILES string of the molecule is Nc1ncccc1C(O)c1ccsc1. The minimum absolute atomic E-state index is 0.381. The number of nitrogens with zero attached hydrogens (tertiary/aromatic N) is 1. The molecule has 2 heterocycles. The number of thiophene rings is 1. The summed E-state index contributed by atoms with van der Waals surface area (Å²) in [4.78, 5) is 3.93. The highest BCUT2D eigenvalue weighted by Crippen LogP contribution is 2.26. The molecule has 0 bridgehead atoms. The maximum Gasteiger partial charge on any atom is 0.129 e. The van der Waals surface area contributed by atoms with Crippen LogP contribution in [0.4, 0.5) is 5.82 Å². The molecule has 2 rings (SSSR count). The van der Waals surface area contributed by atoms with Crippen LogP contribution in [0, 0.1) is 0 Å². The fourth-order valence-electron chi connectivity index (χ4n) is 1.27. The molecule has 0 amide bonds. The van der Waals surface area contributed by atoms with Crippen LogP contribution in [0.15, 0.2) is 35.2 Å². The number of anilines is 1. The third-order valence-electron chi connectivity index (χ3n) is 2.02. The summed E-state index contributed by atoms with van der Waals surface area (Å²) in [6, 6.07) is 5.42. The van der Waals surface area contributed by atoms with E-state index in [9.17, 15) is 5.11 Å². The predicted octanol–water partition coefficient (Wildman–Crippen LogP) is 1.81. The van der Waals surface area contributed by atoms with Gasteiger partial charge in [-0.25, -0.2) is 4.98 Å². The van der Waals surface area contributed by atoms with E-state index in [1.165, 1.54) is 0 Å². The lowest BCUT2D eigenvalue weighted by Gasteiger charge is -2.10. The van der Waals surface area contributed by atoms with Gasteiger partial charge in [0.25, 0.3) is 0 Å². The number of hydrogen-bond acceptors (Lipinski definition) is 4. The zero-order chi connectivity index (χ0) is 9.97. The highest BCUT2D eigenvalue weighted by molar-refractivity contribution is 7.07. The van der Waals surface area contributed by atoms with E-state index in [0.29, 0.717) is 11.4 Å². The number of aliphatic hydroxyl groups is 1. The Morgan fingerprint density at radius 2 is 2.29 bits per heavy atom. The number of nitrogens with two attached hydrogens (primary N) is 1. The van der Waals surface area contributed by atoms with Gasteiger partial charge in [0.05, 0.1) is 0 Å². The normalized spacial score (nSPS) is 12.6. The third kappa shape index (κ3) is 1.62. The largest absolute Gasteiger partial charge is 0.383 e. The van der Waals surface area contributed by atoms with Crippen molar-refractivity contribution in [1.29, 1.82) is 0 Å². The highest BCUT2D eigenvalue weighted by Gasteiger charge is 2.13. The first-order chi connectivity index (χ1) is 6.79. The van der Waals surface area contributed by atoms with E-state index in [1.54, 1.807) is 29.7 Å². The molecule has 1 atom stereocenters. The van der Waals surface area contributed by atoms with Crippen LogP contribution in [0.25, 0.3) is 0 Å². The Bertz CT molecular complexity index is 414. The molecule has 3 N–H and O–H groups in total. The molecule has 0 aliphatic carbocycles. The molecule has 0 fully saturated rings. The molecule has 3 nitrogen and oxygen atoms in total. The number of aromatic nitrogens is 1. The lowest BCUT2D eigenvalue weighted by atomic mass is 10.1. The summed E-state index contributed by atoms with van der Waals surface area (Å²) >= 11 is 1.55. The minimum atomic E-state index is -0.671. The molecule has 0 saturated carbocycles. The van der Waals surface area contributed by atoms with Crippen molar-refractivity contribution >= 4 is 17.2 Å². The summed E-state index contributed by atoms with van der Waals surface area (Å²) in [5.74, 6) is 0.381. The smallest absolute Gasteiger partial charge is 0.129 e. The van der Waals surface area contributed by atoms with Crippen LogP contribution in [0.2, 0.25) is 0 Å². The number of hydrogen-bond donors (Lipinski definition) is 2. The van der Waals surface area contributed by atoms with Crippen molar-refractivity contribution in [3.8, 4) is 0 Å². The van der Waals surface area contributed by atoms with E-state index in [0.717, 1.165) is 5.56 Å². The van der Waals surface area contributed by atoms with Crippen LogP contribution in [0.3, 0.4) is 0 Å². The van der Waals surface area contributed by atoms with Crippen LogP contribution in [-0.4, -0.2) is 10.1 Å². The molecule has 4 heteroatoms. The van der Waals surface area contributed by atoms with Crippen LogP contribution in [0.5, 0.6) is 0 Å². The molecule has 0 aliphatic rings. The average molecular weight is 206 g/mol. The Hall–Kier alpha value is -1.39. The van der Waals surface area contributed by atoms with Gasteiger partial charge in [0, 0.05) is 11.8 Å². The van der Waals surface area contributed by atoms with E-state index in [-0.39, 0.29) is 0 Å². The van der Waals surface area contributed by atoms with Gasteiger partial charge in [-0.2, -0.15) is 11.3 Å². The fourth-order valence-corrected chi connectivity index (χ4v) is 1.95. The molecule has 14 heavy (non-hydrogen) atoms. The summed E-state index contributed by atoms with van der Waals surface area (Å²) in [5, 5.41) is 13.8. The van der Waals surface area contributed by atoms with Gasteiger partial charge in [0.1, 0.15) is 11.9 Å². The summed E-state index contributed by atoms with van der Waals surface area (Å²) in [7, 11) is 0. The average Bonchev–Trinajstić information content (AvgIpc) is 2.70. The standard InChI is InChI=1S/C10H10N2OS/c11-10-8(2-1-4-12-10)9(13)7-3-5-14-6-7/h1-6,9,13H,(H2,11,12). The van der Waals surface area contributed by atoms with E-state index in [1.807, 2.05) is 16.8 Å².